The summed E-state index contributed by atoms with van der Waals surface area (Å²) in [6.07, 6.45) is 4.85. The first-order chi connectivity index (χ1) is 25.4. The SMILES string of the molecule is C=CC(=O)C(CC(C)C)NC(=O)[C@H](Cc1ccccc1)NC=O.CC.CC(C)CC(C)NC(=O)[C@H](CCc1ccccc1)NC(=O)CN1CCOCC1. The number of morpholine rings is 1. The van der Waals surface area contributed by atoms with E-state index in [1.807, 2.05) is 95.3 Å². The molecule has 0 bridgehead atoms. The molecule has 0 radical (unpaired) electrons. The number of rotatable bonds is 20. The molecule has 1 heterocycles. The van der Waals surface area contributed by atoms with Gasteiger partial charge in [-0.15, -0.1) is 0 Å². The third kappa shape index (κ3) is 20.5. The third-order valence-electron chi connectivity index (χ3n) is 8.34. The summed E-state index contributed by atoms with van der Waals surface area (Å²) in [7, 11) is 0. The van der Waals surface area contributed by atoms with Crippen LogP contribution in [-0.2, 0) is 41.6 Å². The standard InChI is InChI=1S/C22H35N3O3.C18H24N2O3.C2H6/c1-17(2)15-18(3)23-22(27)20(10-9-19-7-5-4-6-8-19)24-21(26)16-25-11-13-28-14-12-25;1-4-17(22)15(10-13(2)3)20-18(23)16(19-12-21)11-14-8-6-5-7-9-14;1-2/h4-8,17-18,20H,9-16H2,1-3H3,(H,23,27)(H,24,26);4-9,12-13,15-16H,1,10-11H2,2-3H3,(H,19,21)(H,20,23);1-2H3/t18?,20-;15?,16-;/m00./s1. The number of ketones is 1. The lowest BCUT2D eigenvalue weighted by molar-refractivity contribution is -0.130. The maximum atomic E-state index is 12.8. The second kappa shape index (κ2) is 27.3. The van der Waals surface area contributed by atoms with E-state index < -0.39 is 18.1 Å². The Morgan fingerprint density at radius 2 is 1.30 bits per heavy atom. The van der Waals surface area contributed by atoms with E-state index in [1.54, 1.807) is 0 Å². The first-order valence-corrected chi connectivity index (χ1v) is 19.1. The largest absolute Gasteiger partial charge is 0.379 e. The first-order valence-electron chi connectivity index (χ1n) is 19.1. The summed E-state index contributed by atoms with van der Waals surface area (Å²) >= 11 is 0. The van der Waals surface area contributed by atoms with Crippen LogP contribution in [-0.4, -0.2) is 91.8 Å². The van der Waals surface area contributed by atoms with Gasteiger partial charge in [-0.2, -0.15) is 0 Å². The Kier molecular flexibility index (Phi) is 24.0. The Morgan fingerprint density at radius 3 is 1.83 bits per heavy atom. The Hall–Kier alpha value is -4.35. The van der Waals surface area contributed by atoms with E-state index in [9.17, 15) is 24.0 Å². The van der Waals surface area contributed by atoms with E-state index in [0.29, 0.717) is 51.3 Å². The topological polar surface area (TPSA) is 146 Å². The van der Waals surface area contributed by atoms with Gasteiger partial charge in [0, 0.05) is 25.6 Å². The van der Waals surface area contributed by atoms with Crippen LogP contribution >= 0.6 is 0 Å². The summed E-state index contributed by atoms with van der Waals surface area (Å²) in [5.41, 5.74) is 2.09. The number of aryl methyl sites for hydroxylation is 1. The highest BCUT2D eigenvalue weighted by Gasteiger charge is 2.26. The molecule has 2 unspecified atom stereocenters. The molecule has 0 aromatic heterocycles. The van der Waals surface area contributed by atoms with Gasteiger partial charge in [0.05, 0.1) is 25.8 Å². The molecule has 11 nitrogen and oxygen atoms in total. The summed E-state index contributed by atoms with van der Waals surface area (Å²) in [6, 6.07) is 17.7. The van der Waals surface area contributed by atoms with Crippen LogP contribution in [0.15, 0.2) is 73.3 Å². The highest BCUT2D eigenvalue weighted by Crippen LogP contribution is 2.10. The van der Waals surface area contributed by atoms with Crippen LogP contribution in [0.3, 0.4) is 0 Å². The number of carbonyl (C=O) groups is 5. The minimum absolute atomic E-state index is 0.0860. The predicted molar refractivity (Wildman–Crippen MR) is 212 cm³/mol. The van der Waals surface area contributed by atoms with Crippen LogP contribution in [0.4, 0.5) is 0 Å². The molecule has 1 aliphatic rings. The number of carbonyl (C=O) groups excluding carboxylic acids is 5. The fraction of sp³-hybridized carbons (Fsp3) is 0.548. The molecule has 4 amide bonds. The van der Waals surface area contributed by atoms with E-state index in [1.165, 1.54) is 6.08 Å². The van der Waals surface area contributed by atoms with E-state index in [0.717, 1.165) is 37.1 Å². The van der Waals surface area contributed by atoms with Gasteiger partial charge in [0.2, 0.25) is 24.1 Å². The van der Waals surface area contributed by atoms with Crippen molar-refractivity contribution in [1.29, 1.82) is 0 Å². The zero-order valence-electron chi connectivity index (χ0n) is 33.1. The molecule has 0 saturated carbocycles. The van der Waals surface area contributed by atoms with Crippen molar-refractivity contribution in [2.75, 3.05) is 32.8 Å². The van der Waals surface area contributed by atoms with Gasteiger partial charge in [-0.3, -0.25) is 28.9 Å². The number of hydrogen-bond donors (Lipinski definition) is 4. The molecule has 3 rings (SSSR count). The molecule has 53 heavy (non-hydrogen) atoms. The zero-order chi connectivity index (χ0) is 39.6. The molecular weight excluding hydrogens is 670 g/mol. The first kappa shape index (κ1) is 46.7. The third-order valence-corrected chi connectivity index (χ3v) is 8.34. The molecule has 4 N–H and O–H groups in total. The van der Waals surface area contributed by atoms with Crippen molar-refractivity contribution in [2.45, 2.75) is 105 Å². The van der Waals surface area contributed by atoms with Gasteiger partial charge in [-0.25, -0.2) is 0 Å². The van der Waals surface area contributed by atoms with E-state index in [-0.39, 0.29) is 35.5 Å². The Bertz CT molecular complexity index is 1350. The molecule has 2 aromatic carbocycles. The number of nitrogens with zero attached hydrogens (tertiary/aromatic N) is 1. The van der Waals surface area contributed by atoms with Gasteiger partial charge in [0.15, 0.2) is 5.78 Å². The lowest BCUT2D eigenvalue weighted by Gasteiger charge is -2.27. The van der Waals surface area contributed by atoms with Gasteiger partial charge < -0.3 is 26.0 Å². The Labute approximate surface area is 318 Å². The summed E-state index contributed by atoms with van der Waals surface area (Å²) in [6.45, 7) is 20.8. The van der Waals surface area contributed by atoms with Gasteiger partial charge in [-0.1, -0.05) is 109 Å². The minimum atomic E-state index is -0.720. The van der Waals surface area contributed by atoms with Gasteiger partial charge in [0.25, 0.3) is 0 Å². The van der Waals surface area contributed by atoms with Crippen molar-refractivity contribution in [2.24, 2.45) is 11.8 Å². The Morgan fingerprint density at radius 1 is 0.755 bits per heavy atom. The van der Waals surface area contributed by atoms with Crippen molar-refractivity contribution in [3.63, 3.8) is 0 Å². The average molecular weight is 736 g/mol. The fourth-order valence-corrected chi connectivity index (χ4v) is 5.83. The van der Waals surface area contributed by atoms with Crippen LogP contribution in [0, 0.1) is 11.8 Å². The van der Waals surface area contributed by atoms with Crippen molar-refractivity contribution in [3.05, 3.63) is 84.4 Å². The summed E-state index contributed by atoms with van der Waals surface area (Å²) in [5.74, 6) is -0.0470. The average Bonchev–Trinajstić information content (AvgIpc) is 3.14. The second-order valence-electron chi connectivity index (χ2n) is 13.9. The summed E-state index contributed by atoms with van der Waals surface area (Å²) < 4.78 is 5.33. The van der Waals surface area contributed by atoms with Crippen LogP contribution in [0.5, 0.6) is 0 Å². The summed E-state index contributed by atoms with van der Waals surface area (Å²) in [4.78, 5) is 62.5. The van der Waals surface area contributed by atoms with Crippen LogP contribution in [0.1, 0.15) is 78.9 Å². The fourth-order valence-electron chi connectivity index (χ4n) is 5.83. The van der Waals surface area contributed by atoms with Crippen molar-refractivity contribution in [3.8, 4) is 0 Å². The molecule has 294 valence electrons. The second-order valence-corrected chi connectivity index (χ2v) is 13.9. The lowest BCUT2D eigenvalue weighted by atomic mass is 9.99. The molecule has 11 heteroatoms. The highest BCUT2D eigenvalue weighted by molar-refractivity contribution is 5.97. The molecular formula is C42H65N5O6. The van der Waals surface area contributed by atoms with E-state index in [4.69, 9.17) is 4.74 Å². The van der Waals surface area contributed by atoms with Crippen molar-refractivity contribution in [1.82, 2.24) is 26.2 Å². The molecule has 0 spiro atoms. The minimum Gasteiger partial charge on any atom is -0.379 e. The monoisotopic (exact) mass is 735 g/mol. The van der Waals surface area contributed by atoms with Crippen LogP contribution in [0.2, 0.25) is 0 Å². The van der Waals surface area contributed by atoms with Gasteiger partial charge in [-0.05, 0) is 61.6 Å². The number of nitrogens with one attached hydrogen (secondary N) is 4. The van der Waals surface area contributed by atoms with Crippen LogP contribution in [0.25, 0.3) is 0 Å². The van der Waals surface area contributed by atoms with Gasteiger partial charge in [0.1, 0.15) is 12.1 Å². The summed E-state index contributed by atoms with van der Waals surface area (Å²) in [5, 5.41) is 11.3. The zero-order valence-corrected chi connectivity index (χ0v) is 33.1. The van der Waals surface area contributed by atoms with Crippen molar-refractivity contribution < 1.29 is 28.7 Å². The number of benzene rings is 2. The van der Waals surface area contributed by atoms with Crippen LogP contribution < -0.4 is 21.3 Å². The molecule has 1 aliphatic heterocycles. The predicted octanol–water partition coefficient (Wildman–Crippen LogP) is 4.64. The van der Waals surface area contributed by atoms with E-state index in [2.05, 4.69) is 46.6 Å². The lowest BCUT2D eigenvalue weighted by Crippen LogP contribution is -2.52. The number of hydrogen-bond acceptors (Lipinski definition) is 7. The maximum absolute atomic E-state index is 12.8. The Balaban J connectivity index is 0.000000516. The van der Waals surface area contributed by atoms with Gasteiger partial charge >= 0.3 is 0 Å². The normalized spacial score (nSPS) is 14.8. The molecule has 2 aromatic rings. The highest BCUT2D eigenvalue weighted by atomic mass is 16.5. The molecule has 1 fully saturated rings. The maximum Gasteiger partial charge on any atom is 0.243 e. The number of ether oxygens (including phenoxy) is 1. The molecule has 0 aliphatic carbocycles. The molecule has 1 saturated heterocycles. The smallest absolute Gasteiger partial charge is 0.243 e. The van der Waals surface area contributed by atoms with Crippen molar-refractivity contribution >= 4 is 29.9 Å². The number of amides is 4. The quantitative estimate of drug-likeness (QED) is 0.115. The van der Waals surface area contributed by atoms with E-state index >= 15 is 0 Å². The molecule has 4 atom stereocenters.